The smallest absolute Gasteiger partial charge is 0.313 e. The molecule has 1 rings (SSSR count). The molecule has 5 heteroatoms. The van der Waals surface area contributed by atoms with Crippen LogP contribution in [0.3, 0.4) is 0 Å². The van der Waals surface area contributed by atoms with Crippen LogP contribution in [0.1, 0.15) is 38.5 Å². The van der Waals surface area contributed by atoms with Gasteiger partial charge in [-0.15, -0.1) is 0 Å². The molecule has 0 heterocycles. The van der Waals surface area contributed by atoms with Crippen LogP contribution < -0.4 is 5.32 Å². The van der Waals surface area contributed by atoms with Crippen molar-refractivity contribution < 1.29 is 13.2 Å². The summed E-state index contributed by atoms with van der Waals surface area (Å²) in [5, 5.41) is 11.9. The number of nitrogens with one attached hydrogen (secondary N) is 1. The maximum absolute atomic E-state index is 11.9. The third-order valence-electron chi connectivity index (χ3n) is 2.98. The minimum atomic E-state index is -4.07. The highest BCUT2D eigenvalue weighted by Gasteiger charge is 2.27. The molecule has 0 aromatic carbocycles. The van der Waals surface area contributed by atoms with E-state index in [-0.39, 0.29) is 18.4 Å². The van der Waals surface area contributed by atoms with Crippen molar-refractivity contribution in [1.82, 2.24) is 5.32 Å². The average molecular weight is 234 g/mol. The highest BCUT2D eigenvalue weighted by molar-refractivity contribution is 4.94. The van der Waals surface area contributed by atoms with E-state index in [1.54, 1.807) is 0 Å². The maximum atomic E-state index is 11.9. The van der Waals surface area contributed by atoms with E-state index in [9.17, 15) is 13.2 Å². The predicted molar refractivity (Wildman–Crippen MR) is 54.7 cm³/mol. The molecular weight excluding hydrogens is 217 g/mol. The summed E-state index contributed by atoms with van der Waals surface area (Å²) in [4.78, 5) is 0. The Morgan fingerprint density at radius 1 is 1.25 bits per heavy atom. The van der Waals surface area contributed by atoms with Crippen molar-refractivity contribution in [3.63, 3.8) is 0 Å². The van der Waals surface area contributed by atoms with Crippen LogP contribution in [-0.4, -0.2) is 18.8 Å². The van der Waals surface area contributed by atoms with Crippen molar-refractivity contribution in [2.75, 3.05) is 6.54 Å². The van der Waals surface area contributed by atoms with Gasteiger partial charge < -0.3 is 5.32 Å². The fourth-order valence-electron chi connectivity index (χ4n) is 2.11. The molecule has 0 aromatic heterocycles. The second-order valence-electron chi connectivity index (χ2n) is 4.30. The second kappa shape index (κ2) is 6.09. The number of nitrogens with zero attached hydrogens (tertiary/aromatic N) is 1. The SMILES string of the molecule is N#CC1CCCCC1NCCCC(F)(F)F. The Labute approximate surface area is 93.8 Å². The summed E-state index contributed by atoms with van der Waals surface area (Å²) in [5.41, 5.74) is 0. The van der Waals surface area contributed by atoms with Gasteiger partial charge >= 0.3 is 6.18 Å². The van der Waals surface area contributed by atoms with Crippen LogP contribution in [-0.2, 0) is 0 Å². The molecule has 2 unspecified atom stereocenters. The Kier molecular flexibility index (Phi) is 5.07. The number of halogens is 3. The van der Waals surface area contributed by atoms with Crippen molar-refractivity contribution in [2.45, 2.75) is 50.7 Å². The van der Waals surface area contributed by atoms with Gasteiger partial charge in [0.1, 0.15) is 0 Å². The molecule has 0 bridgehead atoms. The standard InChI is InChI=1S/C11H17F3N2/c12-11(13,14)6-3-7-16-10-5-2-1-4-9(10)8-15/h9-10,16H,1-7H2. The monoisotopic (exact) mass is 234 g/mol. The predicted octanol–water partition coefficient (Wildman–Crippen LogP) is 3.00. The topological polar surface area (TPSA) is 35.8 Å². The third-order valence-corrected chi connectivity index (χ3v) is 2.98. The molecule has 1 saturated carbocycles. The van der Waals surface area contributed by atoms with E-state index in [4.69, 9.17) is 5.26 Å². The lowest BCUT2D eigenvalue weighted by Crippen LogP contribution is -2.38. The van der Waals surface area contributed by atoms with Crippen LogP contribution in [0.2, 0.25) is 0 Å². The first-order valence-corrected chi connectivity index (χ1v) is 5.72. The van der Waals surface area contributed by atoms with Crippen LogP contribution in [0, 0.1) is 17.2 Å². The zero-order valence-electron chi connectivity index (χ0n) is 9.19. The lowest BCUT2D eigenvalue weighted by molar-refractivity contribution is -0.135. The minimum absolute atomic E-state index is 0.0281. The normalized spacial score (nSPS) is 26.4. The summed E-state index contributed by atoms with van der Waals surface area (Å²) in [7, 11) is 0. The van der Waals surface area contributed by atoms with Crippen molar-refractivity contribution in [2.24, 2.45) is 5.92 Å². The Morgan fingerprint density at radius 3 is 2.56 bits per heavy atom. The summed E-state index contributed by atoms with van der Waals surface area (Å²) in [6.45, 7) is 0.350. The van der Waals surface area contributed by atoms with Gasteiger partial charge in [0.2, 0.25) is 0 Å². The number of nitriles is 1. The Hall–Kier alpha value is -0.760. The van der Waals surface area contributed by atoms with Crippen molar-refractivity contribution in [3.05, 3.63) is 0 Å². The quantitative estimate of drug-likeness (QED) is 0.759. The molecule has 0 aliphatic heterocycles. The molecule has 0 spiro atoms. The second-order valence-corrected chi connectivity index (χ2v) is 4.30. The number of rotatable bonds is 4. The lowest BCUT2D eigenvalue weighted by Gasteiger charge is -2.27. The minimum Gasteiger partial charge on any atom is -0.313 e. The van der Waals surface area contributed by atoms with Gasteiger partial charge in [0.15, 0.2) is 0 Å². The van der Waals surface area contributed by atoms with Crippen LogP contribution >= 0.6 is 0 Å². The fourth-order valence-corrected chi connectivity index (χ4v) is 2.11. The maximum Gasteiger partial charge on any atom is 0.389 e. The van der Waals surface area contributed by atoms with Gasteiger partial charge in [0, 0.05) is 12.5 Å². The first kappa shape index (κ1) is 13.3. The van der Waals surface area contributed by atoms with Crippen LogP contribution in [0.15, 0.2) is 0 Å². The zero-order chi connectivity index (χ0) is 12.0. The molecule has 92 valence electrons. The molecule has 1 aliphatic rings. The van der Waals surface area contributed by atoms with E-state index in [1.807, 2.05) is 0 Å². The molecule has 0 amide bonds. The largest absolute Gasteiger partial charge is 0.389 e. The van der Waals surface area contributed by atoms with E-state index in [1.165, 1.54) is 0 Å². The molecule has 1 aliphatic carbocycles. The van der Waals surface area contributed by atoms with Gasteiger partial charge in [-0.3, -0.25) is 0 Å². The Morgan fingerprint density at radius 2 is 1.94 bits per heavy atom. The summed E-state index contributed by atoms with van der Waals surface area (Å²) in [6.07, 6.45) is -0.823. The summed E-state index contributed by atoms with van der Waals surface area (Å²) in [5.74, 6) is -0.0281. The van der Waals surface area contributed by atoms with Crippen LogP contribution in [0.25, 0.3) is 0 Å². The van der Waals surface area contributed by atoms with E-state index in [2.05, 4.69) is 11.4 Å². The molecule has 1 fully saturated rings. The number of hydrogen-bond acceptors (Lipinski definition) is 2. The lowest BCUT2D eigenvalue weighted by atomic mass is 9.85. The number of alkyl halides is 3. The molecular formula is C11H17F3N2. The Bertz CT molecular complexity index is 245. The number of hydrogen-bond donors (Lipinski definition) is 1. The molecule has 2 atom stereocenters. The van der Waals surface area contributed by atoms with Gasteiger partial charge in [0.25, 0.3) is 0 Å². The van der Waals surface area contributed by atoms with Crippen molar-refractivity contribution in [1.29, 1.82) is 5.26 Å². The summed E-state index contributed by atoms with van der Waals surface area (Å²) >= 11 is 0. The molecule has 16 heavy (non-hydrogen) atoms. The summed E-state index contributed by atoms with van der Waals surface area (Å²) in [6, 6.07) is 2.32. The van der Waals surface area contributed by atoms with E-state index >= 15 is 0 Å². The van der Waals surface area contributed by atoms with Gasteiger partial charge in [-0.05, 0) is 25.8 Å². The van der Waals surface area contributed by atoms with Crippen LogP contribution in [0.5, 0.6) is 0 Å². The van der Waals surface area contributed by atoms with E-state index in [0.29, 0.717) is 6.54 Å². The van der Waals surface area contributed by atoms with E-state index < -0.39 is 12.6 Å². The van der Waals surface area contributed by atoms with Gasteiger partial charge in [-0.25, -0.2) is 0 Å². The Balaban J connectivity index is 2.19. The van der Waals surface area contributed by atoms with Gasteiger partial charge in [0.05, 0.1) is 12.0 Å². The molecule has 0 radical (unpaired) electrons. The van der Waals surface area contributed by atoms with Gasteiger partial charge in [-0.2, -0.15) is 18.4 Å². The first-order valence-electron chi connectivity index (χ1n) is 5.72. The van der Waals surface area contributed by atoms with Crippen molar-refractivity contribution >= 4 is 0 Å². The molecule has 2 nitrogen and oxygen atoms in total. The van der Waals surface area contributed by atoms with Crippen LogP contribution in [0.4, 0.5) is 13.2 Å². The third kappa shape index (κ3) is 4.84. The molecule has 0 aromatic rings. The molecule has 0 saturated heterocycles. The van der Waals surface area contributed by atoms with E-state index in [0.717, 1.165) is 25.7 Å². The highest BCUT2D eigenvalue weighted by atomic mass is 19.4. The zero-order valence-corrected chi connectivity index (χ0v) is 9.19. The molecule has 1 N–H and O–H groups in total. The van der Waals surface area contributed by atoms with Gasteiger partial charge in [-0.1, -0.05) is 12.8 Å². The average Bonchev–Trinajstić information content (AvgIpc) is 2.23. The summed E-state index contributed by atoms with van der Waals surface area (Å²) < 4.78 is 35.7. The fraction of sp³-hybridized carbons (Fsp3) is 0.909. The highest BCUT2D eigenvalue weighted by Crippen LogP contribution is 2.24. The first-order chi connectivity index (χ1) is 7.53. The van der Waals surface area contributed by atoms with Crippen molar-refractivity contribution in [3.8, 4) is 6.07 Å².